The number of amides is 1. The molecule has 0 N–H and O–H groups in total. The minimum Gasteiger partial charge on any atom is -0.347 e. The number of likely N-dealkylation sites (N-methyl/N-ethyl adjacent to an activating group) is 1. The van der Waals surface area contributed by atoms with Crippen LogP contribution in [-0.2, 0) is 4.79 Å². The van der Waals surface area contributed by atoms with E-state index in [1.54, 1.807) is 19.0 Å². The number of hydrogen-bond donors (Lipinski definition) is 0. The fourth-order valence-corrected chi connectivity index (χ4v) is 2.11. The quantitative estimate of drug-likeness (QED) is 0.675. The third-order valence-electron chi connectivity index (χ3n) is 3.24. The van der Waals surface area contributed by atoms with Crippen molar-refractivity contribution in [3.05, 3.63) is 0 Å². The van der Waals surface area contributed by atoms with Gasteiger partial charge in [-0.1, -0.05) is 11.8 Å². The molecule has 1 saturated heterocycles. The van der Waals surface area contributed by atoms with Gasteiger partial charge in [0.1, 0.15) is 6.04 Å². The number of rotatable bonds is 3. The highest BCUT2D eigenvalue weighted by Crippen LogP contribution is 2.11. The van der Waals surface area contributed by atoms with Gasteiger partial charge < -0.3 is 4.90 Å². The van der Waals surface area contributed by atoms with Crippen molar-refractivity contribution in [1.29, 1.82) is 0 Å². The highest BCUT2D eigenvalue weighted by molar-refractivity contribution is 5.81. The molecular formula is C15H23N3O. The van der Waals surface area contributed by atoms with Crippen molar-refractivity contribution in [2.45, 2.75) is 19.9 Å². The van der Waals surface area contributed by atoms with Gasteiger partial charge in [-0.25, -0.2) is 0 Å². The molecule has 0 aromatic carbocycles. The zero-order valence-corrected chi connectivity index (χ0v) is 12.4. The van der Waals surface area contributed by atoms with Crippen molar-refractivity contribution < 1.29 is 4.79 Å². The first kappa shape index (κ1) is 15.6. The second kappa shape index (κ2) is 7.84. The van der Waals surface area contributed by atoms with Crippen LogP contribution in [0.5, 0.6) is 0 Å². The van der Waals surface area contributed by atoms with Crippen LogP contribution in [0.15, 0.2) is 0 Å². The Morgan fingerprint density at radius 3 is 2.37 bits per heavy atom. The maximum atomic E-state index is 12.3. The maximum absolute atomic E-state index is 12.3. The van der Waals surface area contributed by atoms with Gasteiger partial charge in [0.05, 0.1) is 13.1 Å². The maximum Gasteiger partial charge on any atom is 0.240 e. The molecule has 0 aromatic heterocycles. The van der Waals surface area contributed by atoms with Gasteiger partial charge in [0.15, 0.2) is 0 Å². The van der Waals surface area contributed by atoms with E-state index >= 15 is 0 Å². The lowest BCUT2D eigenvalue weighted by atomic mass is 10.1. The average molecular weight is 261 g/mol. The van der Waals surface area contributed by atoms with Crippen molar-refractivity contribution in [3.63, 3.8) is 0 Å². The summed E-state index contributed by atoms with van der Waals surface area (Å²) < 4.78 is 0. The monoisotopic (exact) mass is 261 g/mol. The predicted octanol–water partition coefficient (Wildman–Crippen LogP) is 0.107. The number of hydrogen-bond acceptors (Lipinski definition) is 3. The van der Waals surface area contributed by atoms with Crippen molar-refractivity contribution in [2.24, 2.45) is 0 Å². The summed E-state index contributed by atoms with van der Waals surface area (Å²) in [6.45, 7) is 7.61. The van der Waals surface area contributed by atoms with Gasteiger partial charge in [-0.2, -0.15) is 0 Å². The van der Waals surface area contributed by atoms with E-state index < -0.39 is 0 Å². The molecule has 0 saturated carbocycles. The topological polar surface area (TPSA) is 26.8 Å². The molecule has 1 aliphatic rings. The number of nitrogens with zero attached hydrogens (tertiary/aromatic N) is 3. The van der Waals surface area contributed by atoms with Crippen LogP contribution < -0.4 is 0 Å². The fourth-order valence-electron chi connectivity index (χ4n) is 2.11. The second-order valence-electron chi connectivity index (χ2n) is 4.81. The molecule has 4 heteroatoms. The summed E-state index contributed by atoms with van der Waals surface area (Å²) in [5, 5.41) is 0. The minimum absolute atomic E-state index is 0.108. The highest BCUT2D eigenvalue weighted by atomic mass is 16.2. The van der Waals surface area contributed by atoms with Crippen molar-refractivity contribution in [1.82, 2.24) is 14.7 Å². The van der Waals surface area contributed by atoms with E-state index in [1.807, 2.05) is 13.8 Å². The Morgan fingerprint density at radius 1 is 1.16 bits per heavy atom. The predicted molar refractivity (Wildman–Crippen MR) is 77.4 cm³/mol. The summed E-state index contributed by atoms with van der Waals surface area (Å²) in [5.74, 6) is 12.1. The number of carbonyl (C=O) groups is 1. The third-order valence-corrected chi connectivity index (χ3v) is 3.24. The lowest BCUT2D eigenvalue weighted by molar-refractivity contribution is -0.136. The Labute approximate surface area is 116 Å². The molecule has 104 valence electrons. The van der Waals surface area contributed by atoms with Crippen LogP contribution in [0.25, 0.3) is 0 Å². The van der Waals surface area contributed by atoms with Crippen LogP contribution in [-0.4, -0.2) is 73.5 Å². The summed E-state index contributed by atoms with van der Waals surface area (Å²) >= 11 is 0. The molecule has 0 bridgehead atoms. The summed E-state index contributed by atoms with van der Waals surface area (Å²) in [4.78, 5) is 18.3. The Bertz CT molecular complexity index is 422. The molecule has 0 aromatic rings. The Kier molecular flexibility index (Phi) is 6.42. The largest absolute Gasteiger partial charge is 0.347 e. The molecule has 1 amide bonds. The molecular weight excluding hydrogens is 238 g/mol. The van der Waals surface area contributed by atoms with E-state index in [-0.39, 0.29) is 11.9 Å². The van der Waals surface area contributed by atoms with E-state index in [9.17, 15) is 4.79 Å². The average Bonchev–Trinajstić information content (AvgIpc) is 2.42. The van der Waals surface area contributed by atoms with Gasteiger partial charge in [0.25, 0.3) is 0 Å². The Morgan fingerprint density at radius 2 is 1.79 bits per heavy atom. The molecule has 0 aliphatic carbocycles. The molecule has 0 unspecified atom stereocenters. The van der Waals surface area contributed by atoms with Gasteiger partial charge in [-0.15, -0.1) is 11.8 Å². The molecule has 1 atom stereocenters. The molecule has 1 fully saturated rings. The van der Waals surface area contributed by atoms with Gasteiger partial charge >= 0.3 is 0 Å². The third kappa shape index (κ3) is 4.59. The zero-order chi connectivity index (χ0) is 14.3. The van der Waals surface area contributed by atoms with E-state index in [2.05, 4.69) is 33.5 Å². The molecule has 4 nitrogen and oxygen atoms in total. The second-order valence-corrected chi connectivity index (χ2v) is 4.81. The number of piperazine rings is 1. The fraction of sp³-hybridized carbons (Fsp3) is 0.667. The van der Waals surface area contributed by atoms with Gasteiger partial charge in [0, 0.05) is 33.7 Å². The lowest BCUT2D eigenvalue weighted by Crippen LogP contribution is -2.58. The standard InChI is InChI=1S/C15H23N3O/c1-5-7-9-17-11-12-18(10-8-6-2)14(13-17)15(19)16(3)4/h14H,9-13H2,1-4H3/t14-/m1/s1. The first-order chi connectivity index (χ1) is 9.10. The lowest BCUT2D eigenvalue weighted by Gasteiger charge is -2.39. The van der Waals surface area contributed by atoms with Gasteiger partial charge in [0.2, 0.25) is 5.91 Å². The normalized spacial score (nSPS) is 19.9. The highest BCUT2D eigenvalue weighted by Gasteiger charge is 2.32. The van der Waals surface area contributed by atoms with Crippen LogP contribution in [0.4, 0.5) is 0 Å². The van der Waals surface area contributed by atoms with E-state index in [1.165, 1.54) is 0 Å². The van der Waals surface area contributed by atoms with Crippen LogP contribution >= 0.6 is 0 Å². The Hall–Kier alpha value is -1.49. The number of carbonyl (C=O) groups excluding carboxylic acids is 1. The van der Waals surface area contributed by atoms with Gasteiger partial charge in [-0.3, -0.25) is 14.6 Å². The molecule has 1 heterocycles. The summed E-state index contributed by atoms with van der Waals surface area (Å²) in [6.07, 6.45) is 0. The van der Waals surface area contributed by atoms with Crippen molar-refractivity contribution in [3.8, 4) is 23.7 Å². The van der Waals surface area contributed by atoms with Crippen LogP contribution in [0.2, 0.25) is 0 Å². The zero-order valence-electron chi connectivity index (χ0n) is 12.4. The summed E-state index contributed by atoms with van der Waals surface area (Å²) in [5.41, 5.74) is 0. The summed E-state index contributed by atoms with van der Waals surface area (Å²) in [7, 11) is 3.60. The van der Waals surface area contributed by atoms with E-state index in [0.717, 1.165) is 26.2 Å². The summed E-state index contributed by atoms with van der Waals surface area (Å²) in [6, 6.07) is -0.108. The van der Waals surface area contributed by atoms with Crippen LogP contribution in [0, 0.1) is 23.7 Å². The molecule has 1 aliphatic heterocycles. The van der Waals surface area contributed by atoms with Crippen LogP contribution in [0.1, 0.15) is 13.8 Å². The Balaban J connectivity index is 2.74. The van der Waals surface area contributed by atoms with Crippen molar-refractivity contribution >= 4 is 5.91 Å². The smallest absolute Gasteiger partial charge is 0.240 e. The molecule has 19 heavy (non-hydrogen) atoms. The first-order valence-electron chi connectivity index (χ1n) is 6.57. The molecule has 0 radical (unpaired) electrons. The SMILES string of the molecule is CC#CCN1CCN(CC#CC)[C@@H](C(=O)N(C)C)C1. The molecule has 1 rings (SSSR count). The van der Waals surface area contributed by atoms with Gasteiger partial charge in [-0.05, 0) is 13.8 Å². The van der Waals surface area contributed by atoms with Crippen LogP contribution in [0.3, 0.4) is 0 Å². The minimum atomic E-state index is -0.108. The van der Waals surface area contributed by atoms with Crippen molar-refractivity contribution in [2.75, 3.05) is 46.8 Å². The van der Waals surface area contributed by atoms with E-state index in [0.29, 0.717) is 6.54 Å². The molecule has 0 spiro atoms. The first-order valence-corrected chi connectivity index (χ1v) is 6.57. The van der Waals surface area contributed by atoms with E-state index in [4.69, 9.17) is 0 Å².